The second-order valence-corrected chi connectivity index (χ2v) is 7.63. The van der Waals surface area contributed by atoms with Crippen LogP contribution < -0.4 is 5.73 Å². The molecule has 1 amide bonds. The van der Waals surface area contributed by atoms with Crippen molar-refractivity contribution in [1.29, 1.82) is 0 Å². The molecule has 7 nitrogen and oxygen atoms in total. The lowest BCUT2D eigenvalue weighted by atomic mass is 10.0. The number of amides is 1. The number of hydrogen-bond donors (Lipinski definition) is 1. The molecule has 1 aromatic carbocycles. The largest absolute Gasteiger partial charge is 0.339 e. The summed E-state index contributed by atoms with van der Waals surface area (Å²) in [5, 5.41) is 4.12. The fraction of sp³-hybridized carbons (Fsp3) is 0.550. The van der Waals surface area contributed by atoms with Gasteiger partial charge in [0.2, 0.25) is 17.6 Å². The Morgan fingerprint density at radius 2 is 1.71 bits per heavy atom. The van der Waals surface area contributed by atoms with Crippen LogP contribution in [0.25, 0.3) is 11.4 Å². The molecule has 8 heteroatoms. The number of benzene rings is 1. The highest BCUT2D eigenvalue weighted by atomic mass is 35.5. The minimum absolute atomic E-state index is 0. The number of piperazine rings is 1. The molecule has 2 N–H and O–H groups in total. The summed E-state index contributed by atoms with van der Waals surface area (Å²) in [6.07, 6.45) is 0. The minimum Gasteiger partial charge on any atom is -0.339 e. The van der Waals surface area contributed by atoms with Crippen molar-refractivity contribution < 1.29 is 9.32 Å². The molecule has 1 saturated heterocycles. The van der Waals surface area contributed by atoms with E-state index in [4.69, 9.17) is 10.3 Å². The van der Waals surface area contributed by atoms with E-state index in [0.717, 1.165) is 18.7 Å². The molecular formula is C20H30ClN5O2. The van der Waals surface area contributed by atoms with Crippen LogP contribution >= 0.6 is 12.4 Å². The summed E-state index contributed by atoms with van der Waals surface area (Å²) in [6.45, 7) is 10.9. The summed E-state index contributed by atoms with van der Waals surface area (Å²) in [5.74, 6) is 1.39. The zero-order valence-electron chi connectivity index (χ0n) is 17.0. The van der Waals surface area contributed by atoms with Gasteiger partial charge in [0.15, 0.2) is 0 Å². The van der Waals surface area contributed by atoms with Crippen molar-refractivity contribution >= 4 is 18.3 Å². The van der Waals surface area contributed by atoms with Crippen LogP contribution in [-0.2, 0) is 4.79 Å². The first kappa shape index (κ1) is 22.3. The maximum atomic E-state index is 12.4. The number of carbonyl (C=O) groups excluding carboxylic acids is 1. The molecule has 3 rings (SSSR count). The smallest absolute Gasteiger partial charge is 0.244 e. The fourth-order valence-electron chi connectivity index (χ4n) is 3.21. The van der Waals surface area contributed by atoms with Crippen LogP contribution in [0.3, 0.4) is 0 Å². The molecule has 1 fully saturated rings. The summed E-state index contributed by atoms with van der Waals surface area (Å²) in [5.41, 5.74) is 8.15. The van der Waals surface area contributed by atoms with Crippen molar-refractivity contribution in [1.82, 2.24) is 19.9 Å². The molecule has 1 unspecified atom stereocenters. The molecule has 1 aliphatic heterocycles. The Morgan fingerprint density at radius 3 is 2.29 bits per heavy atom. The van der Waals surface area contributed by atoms with Crippen LogP contribution in [0.15, 0.2) is 28.8 Å². The van der Waals surface area contributed by atoms with Gasteiger partial charge in [-0.05, 0) is 19.8 Å². The predicted octanol–water partition coefficient (Wildman–Crippen LogP) is 2.66. The number of nitrogens with two attached hydrogens (primary N) is 1. The Hall–Kier alpha value is -1.96. The standard InChI is InChI=1S/C20H29N5O2.ClH/c1-13(2)17(21)20(26)25-11-9-24(10-12-25)15(4)19-22-18(23-27-19)16-7-5-14(3)6-8-16;/h5-8,13,15,17H,9-12,21H2,1-4H3;1H/t15?,17-;/m0./s1. The van der Waals surface area contributed by atoms with Gasteiger partial charge < -0.3 is 15.2 Å². The van der Waals surface area contributed by atoms with Gasteiger partial charge in [0.1, 0.15) is 0 Å². The lowest BCUT2D eigenvalue weighted by Gasteiger charge is -2.38. The first-order valence-electron chi connectivity index (χ1n) is 9.56. The first-order chi connectivity index (χ1) is 12.9. The number of nitrogens with zero attached hydrogens (tertiary/aromatic N) is 4. The molecule has 2 atom stereocenters. The van der Waals surface area contributed by atoms with E-state index in [9.17, 15) is 4.79 Å². The Labute approximate surface area is 172 Å². The minimum atomic E-state index is -0.429. The Morgan fingerprint density at radius 1 is 1.11 bits per heavy atom. The quantitative estimate of drug-likeness (QED) is 0.819. The number of rotatable bonds is 5. The maximum absolute atomic E-state index is 12.4. The van der Waals surface area contributed by atoms with Gasteiger partial charge in [-0.2, -0.15) is 4.98 Å². The van der Waals surface area contributed by atoms with Gasteiger partial charge >= 0.3 is 0 Å². The van der Waals surface area contributed by atoms with Crippen molar-refractivity contribution in [3.63, 3.8) is 0 Å². The number of aryl methyl sites for hydroxylation is 1. The number of carbonyl (C=O) groups is 1. The van der Waals surface area contributed by atoms with Gasteiger partial charge in [0, 0.05) is 31.7 Å². The summed E-state index contributed by atoms with van der Waals surface area (Å²) in [7, 11) is 0. The van der Waals surface area contributed by atoms with Crippen LogP contribution in [0, 0.1) is 12.8 Å². The van der Waals surface area contributed by atoms with Crippen molar-refractivity contribution in [2.45, 2.75) is 39.8 Å². The molecule has 2 heterocycles. The van der Waals surface area contributed by atoms with Crippen molar-refractivity contribution in [3.8, 4) is 11.4 Å². The molecule has 28 heavy (non-hydrogen) atoms. The highest BCUT2D eigenvalue weighted by Gasteiger charge is 2.30. The Kier molecular flexibility index (Phi) is 7.57. The van der Waals surface area contributed by atoms with E-state index in [2.05, 4.69) is 22.0 Å². The SMILES string of the molecule is Cc1ccc(-c2noc(C(C)N3CCN(C(=O)[C@@H](N)C(C)C)CC3)n2)cc1.Cl. The monoisotopic (exact) mass is 407 g/mol. The molecule has 154 valence electrons. The van der Waals surface area contributed by atoms with E-state index < -0.39 is 6.04 Å². The number of halogens is 1. The lowest BCUT2D eigenvalue weighted by Crippen LogP contribution is -2.54. The van der Waals surface area contributed by atoms with Gasteiger partial charge in [-0.3, -0.25) is 9.69 Å². The Balaban J connectivity index is 0.00000280. The van der Waals surface area contributed by atoms with Gasteiger partial charge in [-0.15, -0.1) is 12.4 Å². The van der Waals surface area contributed by atoms with Gasteiger partial charge in [0.25, 0.3) is 0 Å². The van der Waals surface area contributed by atoms with E-state index in [1.54, 1.807) is 0 Å². The lowest BCUT2D eigenvalue weighted by molar-refractivity contribution is -0.135. The molecular weight excluding hydrogens is 378 g/mol. The van der Waals surface area contributed by atoms with Crippen LogP contribution in [0.4, 0.5) is 0 Å². The zero-order valence-corrected chi connectivity index (χ0v) is 17.8. The van der Waals surface area contributed by atoms with E-state index in [1.165, 1.54) is 5.56 Å². The molecule has 0 aliphatic carbocycles. The topological polar surface area (TPSA) is 88.5 Å². The van der Waals surface area contributed by atoms with Gasteiger partial charge in [-0.25, -0.2) is 0 Å². The third-order valence-corrected chi connectivity index (χ3v) is 5.29. The van der Waals surface area contributed by atoms with E-state index in [0.29, 0.717) is 24.8 Å². The molecule has 1 aromatic heterocycles. The van der Waals surface area contributed by atoms with Crippen LogP contribution in [-0.4, -0.2) is 58.1 Å². The second kappa shape index (κ2) is 9.49. The number of aromatic nitrogens is 2. The average Bonchev–Trinajstić information content (AvgIpc) is 3.17. The molecule has 2 aromatic rings. The molecule has 1 aliphatic rings. The highest BCUT2D eigenvalue weighted by Crippen LogP contribution is 2.24. The molecule has 0 saturated carbocycles. The summed E-state index contributed by atoms with van der Waals surface area (Å²) < 4.78 is 5.50. The average molecular weight is 408 g/mol. The fourth-order valence-corrected chi connectivity index (χ4v) is 3.21. The van der Waals surface area contributed by atoms with Crippen molar-refractivity contribution in [2.24, 2.45) is 11.7 Å². The van der Waals surface area contributed by atoms with Crippen LogP contribution in [0.5, 0.6) is 0 Å². The highest BCUT2D eigenvalue weighted by molar-refractivity contribution is 5.85. The molecule has 0 bridgehead atoms. The van der Waals surface area contributed by atoms with E-state index >= 15 is 0 Å². The second-order valence-electron chi connectivity index (χ2n) is 7.63. The summed E-state index contributed by atoms with van der Waals surface area (Å²) in [4.78, 5) is 21.1. The normalized spacial score (nSPS) is 17.3. The summed E-state index contributed by atoms with van der Waals surface area (Å²) in [6, 6.07) is 7.64. The zero-order chi connectivity index (χ0) is 19.6. The molecule has 0 spiro atoms. The van der Waals surface area contributed by atoms with Crippen molar-refractivity contribution in [3.05, 3.63) is 35.7 Å². The maximum Gasteiger partial charge on any atom is 0.244 e. The van der Waals surface area contributed by atoms with Crippen LogP contribution in [0.2, 0.25) is 0 Å². The summed E-state index contributed by atoms with van der Waals surface area (Å²) >= 11 is 0. The third kappa shape index (κ3) is 4.90. The van der Waals surface area contributed by atoms with Gasteiger partial charge in [0.05, 0.1) is 12.1 Å². The number of hydrogen-bond acceptors (Lipinski definition) is 6. The predicted molar refractivity (Wildman–Crippen MR) is 111 cm³/mol. The first-order valence-corrected chi connectivity index (χ1v) is 9.56. The van der Waals surface area contributed by atoms with Crippen LogP contribution in [0.1, 0.15) is 38.3 Å². The van der Waals surface area contributed by atoms with Gasteiger partial charge in [-0.1, -0.05) is 48.8 Å². The Bertz CT molecular complexity index is 769. The molecule has 0 radical (unpaired) electrons. The van der Waals surface area contributed by atoms with E-state index in [-0.39, 0.29) is 30.3 Å². The van der Waals surface area contributed by atoms with Crippen molar-refractivity contribution in [2.75, 3.05) is 26.2 Å². The van der Waals surface area contributed by atoms with E-state index in [1.807, 2.05) is 49.9 Å². The third-order valence-electron chi connectivity index (χ3n) is 5.29.